The zero-order valence-corrected chi connectivity index (χ0v) is 17.3. The van der Waals surface area contributed by atoms with E-state index >= 15 is 0 Å². The second-order valence-corrected chi connectivity index (χ2v) is 10.2. The topological polar surface area (TPSA) is 284 Å². The maximum atomic E-state index is 11.7. The molecule has 2 aromatic rings. The van der Waals surface area contributed by atoms with E-state index in [1.165, 1.54) is 0 Å². The normalized spacial score (nSPS) is 28.5. The van der Waals surface area contributed by atoms with Gasteiger partial charge in [0.15, 0.2) is 17.4 Å². The smallest absolute Gasteiger partial charge is 0.278 e. The number of aromatic nitrogens is 4. The lowest BCUT2D eigenvalue weighted by Gasteiger charge is -2.37. The van der Waals surface area contributed by atoms with E-state index in [4.69, 9.17) is 4.74 Å². The largest absolute Gasteiger partial charge is 0.790 e. The highest BCUT2D eigenvalue weighted by Crippen LogP contribution is 2.60. The Balaban J connectivity index is 1.70. The number of aliphatic hydroxyl groups is 2. The molecule has 2 aromatic heterocycles. The van der Waals surface area contributed by atoms with E-state index < -0.39 is 60.2 Å². The second kappa shape index (κ2) is 8.53. The first kappa shape index (κ1) is 24.3. The van der Waals surface area contributed by atoms with Crippen LogP contribution in [0.3, 0.4) is 0 Å². The fraction of sp³-hybridized carbons (Fsp3) is 0.500. The van der Waals surface area contributed by atoms with Crippen LogP contribution in [0, 0.1) is 0 Å². The number of imidazole rings is 1. The third kappa shape index (κ3) is 5.71. The number of H-pyrrole nitrogens is 1. The summed E-state index contributed by atoms with van der Waals surface area (Å²) >= 11 is 0. The van der Waals surface area contributed by atoms with Crippen LogP contribution in [-0.2, 0) is 31.6 Å². The average Bonchev–Trinajstić information content (AvgIpc) is 3.13. The van der Waals surface area contributed by atoms with Crippen molar-refractivity contribution in [2.24, 2.45) is 0 Å². The van der Waals surface area contributed by atoms with Crippen molar-refractivity contribution in [3.05, 3.63) is 23.0 Å². The van der Waals surface area contributed by atoms with Gasteiger partial charge in [0.05, 0.1) is 27.1 Å². The Morgan fingerprint density at radius 3 is 2.42 bits per heavy atom. The zero-order valence-electron chi connectivity index (χ0n) is 14.6. The average molecular weight is 504 g/mol. The lowest BCUT2D eigenvalue weighted by atomic mass is 10.1. The van der Waals surface area contributed by atoms with Crippen molar-refractivity contribution in [3.8, 4) is 0 Å². The number of rotatable bonds is 8. The molecular formula is C10H11N4O14P3-4. The third-order valence-corrected chi connectivity index (χ3v) is 7.44. The minimum atomic E-state index is -6.15. The highest BCUT2D eigenvalue weighted by molar-refractivity contribution is 7.64. The van der Waals surface area contributed by atoms with Crippen molar-refractivity contribution >= 4 is 34.6 Å². The monoisotopic (exact) mass is 504 g/mol. The van der Waals surface area contributed by atoms with Gasteiger partial charge in [0.25, 0.3) is 21.2 Å². The Morgan fingerprint density at radius 1 is 1.10 bits per heavy atom. The van der Waals surface area contributed by atoms with Crippen LogP contribution in [0.2, 0.25) is 0 Å². The van der Waals surface area contributed by atoms with Gasteiger partial charge in [0.2, 0.25) is 0 Å². The molecule has 3 heterocycles. The SMILES string of the molecule is O=c1[nH]cnc2c1ncn2[C@@H]1O[C@H](COP(=O)([O-])OP(=O)([O-])OP(=O)([O-])[O-])[C@@H](O)[C@H]1O. The van der Waals surface area contributed by atoms with Crippen LogP contribution in [0.15, 0.2) is 17.4 Å². The van der Waals surface area contributed by atoms with Crippen molar-refractivity contribution in [1.29, 1.82) is 0 Å². The number of aliphatic hydroxyl groups excluding tert-OH is 2. The predicted octanol–water partition coefficient (Wildman–Crippen LogP) is -4.45. The molecule has 6 atom stereocenters. The number of nitrogens with zero attached hydrogens (tertiary/aromatic N) is 3. The summed E-state index contributed by atoms with van der Waals surface area (Å²) in [6.07, 6.45) is -4.35. The quantitative estimate of drug-likeness (QED) is 0.286. The van der Waals surface area contributed by atoms with Gasteiger partial charge in [-0.05, 0) is 0 Å². The lowest BCUT2D eigenvalue weighted by molar-refractivity contribution is -0.339. The first-order chi connectivity index (χ1) is 14.2. The molecule has 3 N–H and O–H groups in total. The summed E-state index contributed by atoms with van der Waals surface area (Å²) in [5.74, 6) is 0. The summed E-state index contributed by atoms with van der Waals surface area (Å²) in [6.45, 7) is -1.11. The number of fused-ring (bicyclic) bond motifs is 1. The van der Waals surface area contributed by atoms with Gasteiger partial charge in [-0.3, -0.25) is 22.8 Å². The first-order valence-corrected chi connectivity index (χ1v) is 12.2. The van der Waals surface area contributed by atoms with Crippen molar-refractivity contribution in [3.63, 3.8) is 0 Å². The van der Waals surface area contributed by atoms with Crippen LogP contribution < -0.4 is 25.1 Å². The number of nitrogens with one attached hydrogen (secondary N) is 1. The van der Waals surface area contributed by atoms with Gasteiger partial charge in [0, 0.05) is 0 Å². The van der Waals surface area contributed by atoms with Gasteiger partial charge in [0.1, 0.15) is 18.3 Å². The minimum Gasteiger partial charge on any atom is -0.790 e. The zero-order chi connectivity index (χ0) is 23.2. The van der Waals surface area contributed by atoms with Gasteiger partial charge in [-0.25, -0.2) is 14.3 Å². The van der Waals surface area contributed by atoms with Crippen LogP contribution in [0.4, 0.5) is 0 Å². The van der Waals surface area contributed by atoms with E-state index in [9.17, 15) is 48.3 Å². The fourth-order valence-corrected chi connectivity index (χ4v) is 5.46. The van der Waals surface area contributed by atoms with E-state index in [0.29, 0.717) is 0 Å². The number of hydrogen-bond donors (Lipinski definition) is 3. The van der Waals surface area contributed by atoms with E-state index in [0.717, 1.165) is 17.2 Å². The van der Waals surface area contributed by atoms with Crippen LogP contribution in [-0.4, -0.2) is 54.7 Å². The molecular weight excluding hydrogens is 493 g/mol. The molecule has 0 aliphatic carbocycles. The molecule has 0 bridgehead atoms. The van der Waals surface area contributed by atoms with Crippen LogP contribution in [0.5, 0.6) is 0 Å². The van der Waals surface area contributed by atoms with E-state index in [2.05, 4.69) is 28.1 Å². The van der Waals surface area contributed by atoms with E-state index in [1.54, 1.807) is 0 Å². The van der Waals surface area contributed by atoms with Crippen LogP contribution in [0.25, 0.3) is 11.2 Å². The molecule has 1 aliphatic heterocycles. The van der Waals surface area contributed by atoms with Gasteiger partial charge >= 0.3 is 0 Å². The summed E-state index contributed by atoms with van der Waals surface area (Å²) in [4.78, 5) is 64.9. The fourth-order valence-electron chi connectivity index (χ4n) is 2.59. The maximum absolute atomic E-state index is 11.7. The Kier molecular flexibility index (Phi) is 6.68. The predicted molar refractivity (Wildman–Crippen MR) is 85.0 cm³/mol. The number of aromatic amines is 1. The highest BCUT2D eigenvalue weighted by atomic mass is 31.3. The summed E-state index contributed by atoms with van der Waals surface area (Å²) < 4.78 is 50.0. The number of ether oxygens (including phenoxy) is 1. The van der Waals surface area contributed by atoms with E-state index in [-0.39, 0.29) is 11.2 Å². The van der Waals surface area contributed by atoms with Crippen LogP contribution in [0.1, 0.15) is 6.23 Å². The molecule has 31 heavy (non-hydrogen) atoms. The molecule has 0 amide bonds. The Bertz CT molecular complexity index is 1160. The first-order valence-electron chi connectivity index (χ1n) is 7.82. The molecule has 1 fully saturated rings. The Hall–Kier alpha value is -1.36. The van der Waals surface area contributed by atoms with Crippen molar-refractivity contribution in [2.75, 3.05) is 6.61 Å². The minimum absolute atomic E-state index is 0.0384. The van der Waals surface area contributed by atoms with E-state index in [1.807, 2.05) is 0 Å². The Morgan fingerprint density at radius 2 is 1.77 bits per heavy atom. The van der Waals surface area contributed by atoms with Crippen molar-refractivity contribution in [1.82, 2.24) is 19.5 Å². The van der Waals surface area contributed by atoms with Gasteiger partial charge in [-0.2, -0.15) is 0 Å². The highest BCUT2D eigenvalue weighted by Gasteiger charge is 2.45. The molecule has 1 saturated heterocycles. The lowest BCUT2D eigenvalue weighted by Crippen LogP contribution is -2.34. The standard InChI is InChI=1S/C10H15N4O14P3/c15-6-4(1-25-30(21,22)28-31(23,24)27-29(18,19)20)26-10(7(6)16)14-3-13-5-8(14)11-2-12-9(5)17/h2-4,6-7,10,15-16H,1H2,(H,21,22)(H,23,24)(H,11,12,17)(H2,18,19,20)/p-4/t4-,6-,7-,10-/m1/s1. The molecule has 0 spiro atoms. The summed E-state index contributed by atoms with van der Waals surface area (Å²) in [6, 6.07) is 0. The summed E-state index contributed by atoms with van der Waals surface area (Å²) in [5, 5.41) is 20.3. The summed E-state index contributed by atoms with van der Waals surface area (Å²) in [5.41, 5.74) is -0.764. The molecule has 0 radical (unpaired) electrons. The molecule has 0 saturated carbocycles. The molecule has 2 unspecified atom stereocenters. The van der Waals surface area contributed by atoms with Gasteiger partial charge < -0.3 is 48.6 Å². The molecule has 3 rings (SSSR count). The molecule has 0 aromatic carbocycles. The Labute approximate surface area is 170 Å². The number of phosphoric acid groups is 3. The molecule has 18 nitrogen and oxygen atoms in total. The van der Waals surface area contributed by atoms with Crippen molar-refractivity contribution in [2.45, 2.75) is 24.5 Å². The van der Waals surface area contributed by atoms with Gasteiger partial charge in [-0.15, -0.1) is 0 Å². The molecule has 1 aliphatic rings. The van der Waals surface area contributed by atoms with Crippen molar-refractivity contribution < 1.29 is 61.4 Å². The summed E-state index contributed by atoms with van der Waals surface area (Å²) in [7, 11) is -18.1. The number of phosphoric ester groups is 1. The van der Waals surface area contributed by atoms with Gasteiger partial charge in [-0.1, -0.05) is 0 Å². The molecule has 21 heteroatoms. The van der Waals surface area contributed by atoms with Crippen LogP contribution >= 0.6 is 23.5 Å². The molecule has 174 valence electrons. The maximum Gasteiger partial charge on any atom is 0.278 e. The third-order valence-electron chi connectivity index (χ3n) is 3.77. The second-order valence-electron chi connectivity index (χ2n) is 5.90. The number of hydrogen-bond acceptors (Lipinski definition) is 16.